The van der Waals surface area contributed by atoms with E-state index in [4.69, 9.17) is 0 Å². The van der Waals surface area contributed by atoms with Crippen molar-refractivity contribution < 1.29 is 19.4 Å². The molecular formula is C12H17NO4. The van der Waals surface area contributed by atoms with Crippen molar-refractivity contribution in [3.63, 3.8) is 0 Å². The minimum atomic E-state index is -0.821. The topological polar surface area (TPSA) is 76.0 Å². The SMILES string of the molecule is CN=CC1=C(O)[C@@H](C(=O)OC)C(C)(C)CC1=O. The van der Waals surface area contributed by atoms with Crippen molar-refractivity contribution in [3.05, 3.63) is 11.3 Å². The molecule has 17 heavy (non-hydrogen) atoms. The molecule has 0 saturated carbocycles. The highest BCUT2D eigenvalue weighted by atomic mass is 16.5. The summed E-state index contributed by atoms with van der Waals surface area (Å²) < 4.78 is 4.67. The number of ketones is 1. The molecule has 1 aliphatic carbocycles. The van der Waals surface area contributed by atoms with Crippen LogP contribution >= 0.6 is 0 Å². The van der Waals surface area contributed by atoms with Crippen LogP contribution in [0.25, 0.3) is 0 Å². The summed E-state index contributed by atoms with van der Waals surface area (Å²) in [5, 5.41) is 10.0. The van der Waals surface area contributed by atoms with E-state index in [0.717, 1.165) is 0 Å². The van der Waals surface area contributed by atoms with E-state index in [-0.39, 0.29) is 23.5 Å². The highest BCUT2D eigenvalue weighted by Crippen LogP contribution is 2.41. The number of aliphatic imine (C=N–C) groups is 1. The van der Waals surface area contributed by atoms with Gasteiger partial charge in [0.05, 0.1) is 12.7 Å². The van der Waals surface area contributed by atoms with Gasteiger partial charge in [-0.2, -0.15) is 0 Å². The van der Waals surface area contributed by atoms with Gasteiger partial charge in [0.15, 0.2) is 5.78 Å². The van der Waals surface area contributed by atoms with Crippen LogP contribution in [0, 0.1) is 11.3 Å². The zero-order chi connectivity index (χ0) is 13.2. The van der Waals surface area contributed by atoms with Crippen LogP contribution in [0.1, 0.15) is 20.3 Å². The lowest BCUT2D eigenvalue weighted by Crippen LogP contribution is -2.40. The molecule has 0 saturated heterocycles. The standard InChI is InChI=1S/C12H17NO4/c1-12(2)5-8(14)7(6-13-3)10(15)9(12)11(16)17-4/h6,9,15H,5H2,1-4H3/t9-/m0/s1. The van der Waals surface area contributed by atoms with Crippen LogP contribution in [0.4, 0.5) is 0 Å². The summed E-state index contributed by atoms with van der Waals surface area (Å²) in [5.41, 5.74) is -0.554. The highest BCUT2D eigenvalue weighted by Gasteiger charge is 2.46. The normalized spacial score (nSPS) is 24.2. The predicted molar refractivity (Wildman–Crippen MR) is 63.0 cm³/mol. The Morgan fingerprint density at radius 1 is 1.59 bits per heavy atom. The molecule has 1 aliphatic rings. The first kappa shape index (κ1) is 13.4. The molecule has 0 aliphatic heterocycles. The van der Waals surface area contributed by atoms with E-state index >= 15 is 0 Å². The van der Waals surface area contributed by atoms with Crippen LogP contribution in [0.2, 0.25) is 0 Å². The summed E-state index contributed by atoms with van der Waals surface area (Å²) in [6.45, 7) is 3.51. The largest absolute Gasteiger partial charge is 0.511 e. The lowest BCUT2D eigenvalue weighted by Gasteiger charge is -2.35. The Labute approximate surface area is 100 Å². The fourth-order valence-electron chi connectivity index (χ4n) is 2.10. The van der Waals surface area contributed by atoms with Crippen LogP contribution in [0.5, 0.6) is 0 Å². The molecule has 1 rings (SSSR count). The van der Waals surface area contributed by atoms with Gasteiger partial charge in [0.2, 0.25) is 0 Å². The highest BCUT2D eigenvalue weighted by molar-refractivity contribution is 6.15. The molecule has 0 aromatic rings. The van der Waals surface area contributed by atoms with Gasteiger partial charge in [-0.25, -0.2) is 0 Å². The number of hydrogen-bond acceptors (Lipinski definition) is 5. The molecule has 1 N–H and O–H groups in total. The van der Waals surface area contributed by atoms with Crippen LogP contribution in [0.15, 0.2) is 16.3 Å². The van der Waals surface area contributed by atoms with Crippen molar-refractivity contribution in [2.45, 2.75) is 20.3 Å². The number of allylic oxidation sites excluding steroid dienone is 1. The van der Waals surface area contributed by atoms with Crippen molar-refractivity contribution in [1.82, 2.24) is 0 Å². The van der Waals surface area contributed by atoms with Gasteiger partial charge in [-0.3, -0.25) is 14.6 Å². The minimum absolute atomic E-state index is 0.0993. The summed E-state index contributed by atoms with van der Waals surface area (Å²) in [6, 6.07) is 0. The van der Waals surface area contributed by atoms with Gasteiger partial charge in [0, 0.05) is 19.7 Å². The van der Waals surface area contributed by atoms with Crippen molar-refractivity contribution in [2.75, 3.05) is 14.2 Å². The van der Waals surface area contributed by atoms with Crippen LogP contribution in [-0.4, -0.2) is 37.2 Å². The molecule has 0 amide bonds. The number of aliphatic hydroxyl groups excluding tert-OH is 1. The number of Topliss-reactive ketones (excluding diaryl/α,β-unsaturated/α-hetero) is 1. The molecule has 0 aromatic carbocycles. The number of ether oxygens (including phenoxy) is 1. The minimum Gasteiger partial charge on any atom is -0.511 e. The molecule has 0 radical (unpaired) electrons. The van der Waals surface area contributed by atoms with Gasteiger partial charge >= 0.3 is 5.97 Å². The molecule has 94 valence electrons. The van der Waals surface area contributed by atoms with E-state index in [9.17, 15) is 14.7 Å². The van der Waals surface area contributed by atoms with Crippen molar-refractivity contribution in [3.8, 4) is 0 Å². The maximum atomic E-state index is 11.8. The first-order valence-electron chi connectivity index (χ1n) is 5.31. The van der Waals surface area contributed by atoms with E-state index in [1.165, 1.54) is 20.4 Å². The van der Waals surface area contributed by atoms with Gasteiger partial charge in [0.1, 0.15) is 11.7 Å². The zero-order valence-electron chi connectivity index (χ0n) is 10.5. The lowest BCUT2D eigenvalue weighted by molar-refractivity contribution is -0.150. The summed E-state index contributed by atoms with van der Waals surface area (Å²) in [5.74, 6) is -1.82. The number of rotatable bonds is 2. The number of carbonyl (C=O) groups excluding carboxylic acids is 2. The lowest BCUT2D eigenvalue weighted by atomic mass is 9.68. The van der Waals surface area contributed by atoms with Gasteiger partial charge in [0.25, 0.3) is 0 Å². The number of hydrogen-bond donors (Lipinski definition) is 1. The number of esters is 1. The molecule has 0 spiro atoms. The third-order valence-corrected chi connectivity index (χ3v) is 2.94. The first-order valence-corrected chi connectivity index (χ1v) is 5.31. The van der Waals surface area contributed by atoms with Crippen LogP contribution in [0.3, 0.4) is 0 Å². The summed E-state index contributed by atoms with van der Waals surface area (Å²) in [7, 11) is 2.76. The fourth-order valence-corrected chi connectivity index (χ4v) is 2.10. The molecular weight excluding hydrogens is 222 g/mol. The molecule has 1 atom stereocenters. The Balaban J connectivity index is 3.32. The number of aliphatic hydroxyl groups is 1. The predicted octanol–water partition coefficient (Wildman–Crippen LogP) is 1.29. The second kappa shape index (κ2) is 4.69. The van der Waals surface area contributed by atoms with Crippen LogP contribution in [-0.2, 0) is 14.3 Å². The van der Waals surface area contributed by atoms with Crippen molar-refractivity contribution in [2.24, 2.45) is 16.3 Å². The Morgan fingerprint density at radius 2 is 2.18 bits per heavy atom. The quantitative estimate of drug-likeness (QED) is 0.582. The molecule has 5 nitrogen and oxygen atoms in total. The van der Waals surface area contributed by atoms with Gasteiger partial charge in [-0.15, -0.1) is 0 Å². The second-order valence-electron chi connectivity index (χ2n) is 4.73. The summed E-state index contributed by atoms with van der Waals surface area (Å²) in [6.07, 6.45) is 1.46. The monoisotopic (exact) mass is 239 g/mol. The van der Waals surface area contributed by atoms with Crippen molar-refractivity contribution in [1.29, 1.82) is 0 Å². The van der Waals surface area contributed by atoms with Gasteiger partial charge in [-0.05, 0) is 5.41 Å². The van der Waals surface area contributed by atoms with E-state index in [2.05, 4.69) is 9.73 Å². The van der Waals surface area contributed by atoms with E-state index in [1.54, 1.807) is 13.8 Å². The molecule has 5 heteroatoms. The maximum absolute atomic E-state index is 11.8. The first-order chi connectivity index (χ1) is 7.85. The molecule has 0 fully saturated rings. The Hall–Kier alpha value is -1.65. The zero-order valence-corrected chi connectivity index (χ0v) is 10.5. The number of carbonyl (C=O) groups is 2. The van der Waals surface area contributed by atoms with E-state index in [0.29, 0.717) is 0 Å². The maximum Gasteiger partial charge on any atom is 0.316 e. The van der Waals surface area contributed by atoms with Gasteiger partial charge < -0.3 is 9.84 Å². The fraction of sp³-hybridized carbons (Fsp3) is 0.583. The Kier molecular flexibility index (Phi) is 3.70. The number of nitrogens with zero attached hydrogens (tertiary/aromatic N) is 1. The third-order valence-electron chi connectivity index (χ3n) is 2.94. The molecule has 0 unspecified atom stereocenters. The molecule has 0 aromatic heterocycles. The molecule has 0 heterocycles. The average Bonchev–Trinajstić information content (AvgIpc) is 2.22. The second-order valence-corrected chi connectivity index (χ2v) is 4.73. The van der Waals surface area contributed by atoms with E-state index < -0.39 is 17.3 Å². The Bertz CT molecular complexity index is 407. The summed E-state index contributed by atoms with van der Waals surface area (Å²) >= 11 is 0. The number of methoxy groups -OCH3 is 1. The summed E-state index contributed by atoms with van der Waals surface area (Å²) in [4.78, 5) is 27.2. The van der Waals surface area contributed by atoms with E-state index in [1.807, 2.05) is 0 Å². The van der Waals surface area contributed by atoms with Crippen LogP contribution < -0.4 is 0 Å². The third kappa shape index (κ3) is 2.38. The van der Waals surface area contributed by atoms with Crippen molar-refractivity contribution >= 4 is 18.0 Å². The molecule has 0 bridgehead atoms. The smallest absolute Gasteiger partial charge is 0.316 e. The average molecular weight is 239 g/mol. The van der Waals surface area contributed by atoms with Gasteiger partial charge in [-0.1, -0.05) is 13.8 Å². The Morgan fingerprint density at radius 3 is 2.65 bits per heavy atom.